The topological polar surface area (TPSA) is 72.6 Å². The lowest BCUT2D eigenvalue weighted by molar-refractivity contribution is 0.411. The van der Waals surface area contributed by atoms with Crippen LogP contribution in [-0.2, 0) is 10.0 Å². The van der Waals surface area contributed by atoms with Gasteiger partial charge in [-0.3, -0.25) is 0 Å². The van der Waals surface area contributed by atoms with Crippen molar-refractivity contribution >= 4 is 26.0 Å². The smallest absolute Gasteiger partial charge is 0.243 e. The van der Waals surface area contributed by atoms with Crippen LogP contribution >= 0.6 is 15.9 Å². The van der Waals surface area contributed by atoms with Gasteiger partial charge in [0.2, 0.25) is 10.0 Å². The third-order valence-corrected chi connectivity index (χ3v) is 5.43. The second-order valence-electron chi connectivity index (χ2n) is 4.21. The number of hydrogen-bond acceptors (Lipinski definition) is 4. The average Bonchev–Trinajstić information content (AvgIpc) is 2.76. The molecule has 100 valence electrons. The average molecular weight is 335 g/mol. The van der Waals surface area contributed by atoms with Gasteiger partial charge >= 0.3 is 0 Å². The third-order valence-electron chi connectivity index (χ3n) is 2.95. The standard InChI is InChI=1S/C11H15BrN2O3S/c1-17-11-3-2-9(6-10(11)12)18(15,16)14-5-4-8(13)7-14/h2-3,6,8H,4-5,7,13H2,1H3/t8-/m0/s1. The number of sulfonamides is 1. The lowest BCUT2D eigenvalue weighted by Crippen LogP contribution is -2.31. The van der Waals surface area contributed by atoms with E-state index >= 15 is 0 Å². The van der Waals surface area contributed by atoms with Gasteiger partial charge in [0, 0.05) is 19.1 Å². The van der Waals surface area contributed by atoms with Gasteiger partial charge in [0.15, 0.2) is 0 Å². The van der Waals surface area contributed by atoms with E-state index in [0.717, 1.165) is 0 Å². The van der Waals surface area contributed by atoms with E-state index in [1.807, 2.05) is 0 Å². The molecule has 2 rings (SSSR count). The zero-order valence-corrected chi connectivity index (χ0v) is 12.4. The fourth-order valence-electron chi connectivity index (χ4n) is 1.93. The van der Waals surface area contributed by atoms with E-state index in [1.165, 1.54) is 11.4 Å². The zero-order valence-electron chi connectivity index (χ0n) is 9.97. The van der Waals surface area contributed by atoms with E-state index in [0.29, 0.717) is 29.7 Å². The van der Waals surface area contributed by atoms with Crippen LogP contribution in [0, 0.1) is 0 Å². The van der Waals surface area contributed by atoms with Gasteiger partial charge in [0.05, 0.1) is 16.5 Å². The first-order valence-corrected chi connectivity index (χ1v) is 7.77. The third kappa shape index (κ3) is 2.54. The van der Waals surface area contributed by atoms with Crippen LogP contribution in [0.25, 0.3) is 0 Å². The Morgan fingerprint density at radius 3 is 2.72 bits per heavy atom. The molecule has 1 saturated heterocycles. The minimum absolute atomic E-state index is 0.0681. The number of hydrogen-bond donors (Lipinski definition) is 1. The van der Waals surface area contributed by atoms with Crippen LogP contribution in [-0.4, -0.2) is 39.0 Å². The Kier molecular flexibility index (Phi) is 3.96. The molecule has 1 aromatic carbocycles. The van der Waals surface area contributed by atoms with E-state index in [2.05, 4.69) is 15.9 Å². The monoisotopic (exact) mass is 334 g/mol. The first kappa shape index (κ1) is 13.8. The zero-order chi connectivity index (χ0) is 13.3. The van der Waals surface area contributed by atoms with Gasteiger partial charge in [-0.15, -0.1) is 0 Å². The number of nitrogens with zero attached hydrogens (tertiary/aromatic N) is 1. The summed E-state index contributed by atoms with van der Waals surface area (Å²) in [6.07, 6.45) is 0.705. The van der Waals surface area contributed by atoms with E-state index < -0.39 is 10.0 Å². The quantitative estimate of drug-likeness (QED) is 0.900. The summed E-state index contributed by atoms with van der Waals surface area (Å²) in [7, 11) is -1.92. The summed E-state index contributed by atoms with van der Waals surface area (Å²) >= 11 is 3.29. The van der Waals surface area contributed by atoms with E-state index in [-0.39, 0.29) is 10.9 Å². The van der Waals surface area contributed by atoms with Crippen molar-refractivity contribution in [1.29, 1.82) is 0 Å². The molecule has 0 amide bonds. The molecule has 1 heterocycles. The molecular formula is C11H15BrN2O3S. The van der Waals surface area contributed by atoms with E-state index in [1.54, 1.807) is 18.2 Å². The van der Waals surface area contributed by atoms with Crippen LogP contribution in [0.2, 0.25) is 0 Å². The van der Waals surface area contributed by atoms with Crippen LogP contribution in [0.5, 0.6) is 5.75 Å². The van der Waals surface area contributed by atoms with E-state index in [4.69, 9.17) is 10.5 Å². The number of methoxy groups -OCH3 is 1. The number of halogens is 1. The van der Waals surface area contributed by atoms with Gasteiger partial charge in [-0.25, -0.2) is 8.42 Å². The summed E-state index contributed by atoms with van der Waals surface area (Å²) in [5, 5.41) is 0. The normalized spacial score (nSPS) is 21.2. The highest BCUT2D eigenvalue weighted by atomic mass is 79.9. The molecule has 0 saturated carbocycles. The molecule has 5 nitrogen and oxygen atoms in total. The van der Waals surface area contributed by atoms with Crippen molar-refractivity contribution in [3.63, 3.8) is 0 Å². The van der Waals surface area contributed by atoms with Gasteiger partial charge in [0.1, 0.15) is 5.75 Å². The molecule has 7 heteroatoms. The molecule has 1 aliphatic rings. The molecule has 2 N–H and O–H groups in total. The predicted octanol–water partition coefficient (Wildman–Crippen LogP) is 1.18. The van der Waals surface area contributed by atoms with Gasteiger partial charge in [0.25, 0.3) is 0 Å². The first-order valence-electron chi connectivity index (χ1n) is 5.54. The van der Waals surface area contributed by atoms with Crippen LogP contribution < -0.4 is 10.5 Å². The van der Waals surface area contributed by atoms with Gasteiger partial charge in [-0.05, 0) is 40.5 Å². The van der Waals surface area contributed by atoms with Gasteiger partial charge in [-0.2, -0.15) is 4.31 Å². The molecule has 0 aliphatic carbocycles. The van der Waals surface area contributed by atoms with Crippen molar-refractivity contribution in [1.82, 2.24) is 4.31 Å². The van der Waals surface area contributed by atoms with Crippen LogP contribution in [0.1, 0.15) is 6.42 Å². The summed E-state index contributed by atoms with van der Waals surface area (Å²) in [4.78, 5) is 0.254. The van der Waals surface area contributed by atoms with Crippen molar-refractivity contribution in [2.75, 3.05) is 20.2 Å². The Morgan fingerprint density at radius 1 is 1.50 bits per heavy atom. The molecule has 0 radical (unpaired) electrons. The van der Waals surface area contributed by atoms with Crippen LogP contribution in [0.4, 0.5) is 0 Å². The molecule has 1 atom stereocenters. The van der Waals surface area contributed by atoms with Crippen molar-refractivity contribution in [3.05, 3.63) is 22.7 Å². The second-order valence-corrected chi connectivity index (χ2v) is 7.00. The maximum atomic E-state index is 12.3. The van der Waals surface area contributed by atoms with E-state index in [9.17, 15) is 8.42 Å². The predicted molar refractivity (Wildman–Crippen MR) is 72.0 cm³/mol. The molecule has 18 heavy (non-hydrogen) atoms. The summed E-state index contributed by atoms with van der Waals surface area (Å²) in [6.45, 7) is 0.860. The summed E-state index contributed by atoms with van der Waals surface area (Å²) in [5.41, 5.74) is 5.74. The van der Waals surface area contributed by atoms with Crippen molar-refractivity contribution in [2.24, 2.45) is 5.73 Å². The van der Waals surface area contributed by atoms with Gasteiger partial charge in [-0.1, -0.05) is 0 Å². The summed E-state index contributed by atoms with van der Waals surface area (Å²) in [6, 6.07) is 4.66. The minimum Gasteiger partial charge on any atom is -0.496 e. The highest BCUT2D eigenvalue weighted by molar-refractivity contribution is 9.10. The molecule has 0 aromatic heterocycles. The molecule has 0 unspecified atom stereocenters. The lowest BCUT2D eigenvalue weighted by atomic mass is 10.3. The Balaban J connectivity index is 2.33. The Bertz CT molecular complexity index is 547. The van der Waals surface area contributed by atoms with Crippen molar-refractivity contribution in [2.45, 2.75) is 17.4 Å². The molecule has 1 aromatic rings. The SMILES string of the molecule is COc1ccc(S(=O)(=O)N2CC[C@H](N)C2)cc1Br. The minimum atomic E-state index is -3.45. The number of ether oxygens (including phenoxy) is 1. The number of nitrogens with two attached hydrogens (primary N) is 1. The van der Waals surface area contributed by atoms with Gasteiger partial charge < -0.3 is 10.5 Å². The molecule has 1 aliphatic heterocycles. The fourth-order valence-corrected chi connectivity index (χ4v) is 4.16. The lowest BCUT2D eigenvalue weighted by Gasteiger charge is -2.16. The summed E-state index contributed by atoms with van der Waals surface area (Å²) in [5.74, 6) is 0.604. The molecule has 0 bridgehead atoms. The maximum Gasteiger partial charge on any atom is 0.243 e. The Labute approximate surface area is 115 Å². The molecular weight excluding hydrogens is 320 g/mol. The largest absolute Gasteiger partial charge is 0.496 e. The van der Waals surface area contributed by atoms with Crippen LogP contribution in [0.3, 0.4) is 0 Å². The first-order chi connectivity index (χ1) is 8.45. The second kappa shape index (κ2) is 5.16. The maximum absolute atomic E-state index is 12.3. The number of benzene rings is 1. The summed E-state index contributed by atoms with van der Waals surface area (Å²) < 4.78 is 31.8. The Morgan fingerprint density at radius 2 is 2.22 bits per heavy atom. The van der Waals surface area contributed by atoms with Crippen molar-refractivity contribution < 1.29 is 13.2 Å². The number of rotatable bonds is 3. The highest BCUT2D eigenvalue weighted by Crippen LogP contribution is 2.29. The Hall–Kier alpha value is -0.630. The molecule has 1 fully saturated rings. The fraction of sp³-hybridized carbons (Fsp3) is 0.455. The highest BCUT2D eigenvalue weighted by Gasteiger charge is 2.31. The molecule has 0 spiro atoms. The van der Waals surface area contributed by atoms with Crippen molar-refractivity contribution in [3.8, 4) is 5.75 Å². The van der Waals surface area contributed by atoms with Crippen LogP contribution in [0.15, 0.2) is 27.6 Å².